The van der Waals surface area contributed by atoms with E-state index in [0.29, 0.717) is 16.1 Å². The van der Waals surface area contributed by atoms with Crippen LogP contribution < -0.4 is 15.7 Å². The van der Waals surface area contributed by atoms with Crippen molar-refractivity contribution in [1.82, 2.24) is 14.6 Å². The third-order valence-corrected chi connectivity index (χ3v) is 6.98. The van der Waals surface area contributed by atoms with Gasteiger partial charge in [0.25, 0.3) is 11.5 Å². The van der Waals surface area contributed by atoms with Crippen molar-refractivity contribution in [1.29, 1.82) is 5.26 Å². The lowest BCUT2D eigenvalue weighted by atomic mass is 10.1. The highest BCUT2D eigenvalue weighted by molar-refractivity contribution is 8.01. The second kappa shape index (κ2) is 9.29. The standard InChI is InChI=1S/C23H20ClN5O4S/c1-12-20(31)29(22(34-12)14-6-9-17(30)18(10-14)33-3)27-23-26-19(13-4-7-15(24)8-5-13)16(11-25)21(32)28(23)2/h4-10,12,22,30H,1-3H3,(H,26,27). The Bertz CT molecular complexity index is 1370. The molecule has 1 amide bonds. The topological polar surface area (TPSA) is 120 Å². The number of phenols is 1. The summed E-state index contributed by atoms with van der Waals surface area (Å²) in [5.74, 6) is 0.136. The molecule has 1 aromatic heterocycles. The van der Waals surface area contributed by atoms with Crippen molar-refractivity contribution in [3.8, 4) is 28.8 Å². The number of carbonyl (C=O) groups is 1. The number of nitrogens with one attached hydrogen (secondary N) is 1. The lowest BCUT2D eigenvalue weighted by Crippen LogP contribution is -2.38. The first-order valence-corrected chi connectivity index (χ1v) is 11.5. The number of hydrazine groups is 1. The Morgan fingerprint density at radius 2 is 1.94 bits per heavy atom. The molecule has 3 aromatic rings. The van der Waals surface area contributed by atoms with Crippen LogP contribution in [-0.4, -0.2) is 37.9 Å². The third kappa shape index (κ3) is 4.16. The van der Waals surface area contributed by atoms with Gasteiger partial charge in [-0.3, -0.25) is 19.6 Å². The zero-order valence-corrected chi connectivity index (χ0v) is 20.0. The number of nitrogens with zero attached hydrogens (tertiary/aromatic N) is 4. The van der Waals surface area contributed by atoms with Crippen LogP contribution in [0.1, 0.15) is 23.4 Å². The van der Waals surface area contributed by atoms with Crippen LogP contribution in [0.4, 0.5) is 5.95 Å². The van der Waals surface area contributed by atoms with E-state index < -0.39 is 10.9 Å². The molecule has 0 aliphatic carbocycles. The molecule has 174 valence electrons. The minimum atomic E-state index is -0.555. The highest BCUT2D eigenvalue weighted by Crippen LogP contribution is 2.44. The Hall–Kier alpha value is -3.68. The van der Waals surface area contributed by atoms with E-state index in [2.05, 4.69) is 10.4 Å². The fourth-order valence-corrected chi connectivity index (χ4v) is 4.86. The van der Waals surface area contributed by atoms with Gasteiger partial charge in [-0.25, -0.2) is 9.99 Å². The number of aromatic hydroxyl groups is 1. The molecule has 0 saturated carbocycles. The van der Waals surface area contributed by atoms with E-state index in [4.69, 9.17) is 16.3 Å². The summed E-state index contributed by atoms with van der Waals surface area (Å²) < 4.78 is 6.39. The molecule has 2 N–H and O–H groups in total. The van der Waals surface area contributed by atoms with E-state index in [1.807, 2.05) is 6.07 Å². The van der Waals surface area contributed by atoms with E-state index >= 15 is 0 Å². The lowest BCUT2D eigenvalue weighted by Gasteiger charge is -2.26. The van der Waals surface area contributed by atoms with Gasteiger partial charge in [-0.2, -0.15) is 5.26 Å². The molecule has 2 atom stereocenters. The maximum Gasteiger partial charge on any atom is 0.273 e. The van der Waals surface area contributed by atoms with Crippen molar-refractivity contribution < 1.29 is 14.6 Å². The number of amides is 1. The second-order valence-corrected chi connectivity index (χ2v) is 9.39. The molecule has 0 bridgehead atoms. The van der Waals surface area contributed by atoms with Crippen LogP contribution in [0.3, 0.4) is 0 Å². The number of halogens is 1. The first kappa shape index (κ1) is 23.5. The van der Waals surface area contributed by atoms with Crippen LogP contribution in [0.25, 0.3) is 11.3 Å². The van der Waals surface area contributed by atoms with Crippen molar-refractivity contribution in [2.24, 2.45) is 7.05 Å². The zero-order valence-electron chi connectivity index (χ0n) is 18.4. The molecule has 2 aromatic carbocycles. The monoisotopic (exact) mass is 497 g/mol. The van der Waals surface area contributed by atoms with Gasteiger partial charge in [0.15, 0.2) is 11.5 Å². The summed E-state index contributed by atoms with van der Waals surface area (Å²) in [6.45, 7) is 1.78. The number of nitriles is 1. The molecule has 0 radical (unpaired) electrons. The number of hydrogen-bond donors (Lipinski definition) is 2. The van der Waals surface area contributed by atoms with Gasteiger partial charge in [-0.15, -0.1) is 11.8 Å². The van der Waals surface area contributed by atoms with Gasteiger partial charge in [0.1, 0.15) is 17.0 Å². The molecule has 2 heterocycles. The summed E-state index contributed by atoms with van der Waals surface area (Å²) in [7, 11) is 2.92. The van der Waals surface area contributed by atoms with E-state index in [1.54, 1.807) is 43.3 Å². The van der Waals surface area contributed by atoms with Crippen LogP contribution >= 0.6 is 23.4 Å². The number of aromatic nitrogens is 2. The van der Waals surface area contributed by atoms with Gasteiger partial charge in [0, 0.05) is 17.6 Å². The normalized spacial score (nSPS) is 17.5. The summed E-state index contributed by atoms with van der Waals surface area (Å²) in [5.41, 5.74) is 3.73. The molecule has 4 rings (SSSR count). The summed E-state index contributed by atoms with van der Waals surface area (Å²) in [5, 5.41) is 20.6. The van der Waals surface area contributed by atoms with Gasteiger partial charge in [0.2, 0.25) is 5.95 Å². The molecular weight excluding hydrogens is 478 g/mol. The maximum absolute atomic E-state index is 13.0. The summed E-state index contributed by atoms with van der Waals surface area (Å²) in [4.78, 5) is 30.5. The highest BCUT2D eigenvalue weighted by atomic mass is 35.5. The largest absolute Gasteiger partial charge is 0.504 e. The van der Waals surface area contributed by atoms with Crippen molar-refractivity contribution in [2.45, 2.75) is 17.5 Å². The number of anilines is 1. The van der Waals surface area contributed by atoms with Gasteiger partial charge in [0.05, 0.1) is 18.1 Å². The van der Waals surface area contributed by atoms with Crippen molar-refractivity contribution in [3.63, 3.8) is 0 Å². The third-order valence-electron chi connectivity index (χ3n) is 5.38. The SMILES string of the molecule is COc1cc(C2SC(C)C(=O)N2Nc2nc(-c3ccc(Cl)cc3)c(C#N)c(=O)n2C)ccc1O. The number of hydrogen-bond acceptors (Lipinski definition) is 8. The predicted octanol–water partition coefficient (Wildman–Crippen LogP) is 3.68. The van der Waals surface area contributed by atoms with E-state index in [0.717, 1.165) is 0 Å². The second-order valence-electron chi connectivity index (χ2n) is 7.52. The fourth-order valence-electron chi connectivity index (χ4n) is 3.54. The number of benzene rings is 2. The van der Waals surface area contributed by atoms with E-state index in [-0.39, 0.29) is 39.9 Å². The Morgan fingerprint density at radius 3 is 2.59 bits per heavy atom. The molecule has 2 unspecified atom stereocenters. The summed E-state index contributed by atoms with van der Waals surface area (Å²) in [6.07, 6.45) is 0. The Balaban J connectivity index is 1.78. The average molecular weight is 498 g/mol. The quantitative estimate of drug-likeness (QED) is 0.547. The molecular formula is C23H20ClN5O4S. The molecule has 9 nitrogen and oxygen atoms in total. The molecule has 11 heteroatoms. The Labute approximate surface area is 204 Å². The van der Waals surface area contributed by atoms with Crippen molar-refractivity contribution >= 4 is 35.2 Å². The van der Waals surface area contributed by atoms with Crippen LogP contribution in [0.5, 0.6) is 11.5 Å². The van der Waals surface area contributed by atoms with Crippen LogP contribution in [-0.2, 0) is 11.8 Å². The van der Waals surface area contributed by atoms with E-state index in [9.17, 15) is 20.0 Å². The zero-order chi connectivity index (χ0) is 24.6. The number of rotatable bonds is 5. The van der Waals surface area contributed by atoms with Gasteiger partial charge in [-0.1, -0.05) is 29.8 Å². The Kier molecular flexibility index (Phi) is 6.41. The van der Waals surface area contributed by atoms with Crippen LogP contribution in [0.15, 0.2) is 47.3 Å². The first-order valence-electron chi connectivity index (χ1n) is 10.1. The predicted molar refractivity (Wildman–Crippen MR) is 130 cm³/mol. The van der Waals surface area contributed by atoms with E-state index in [1.165, 1.54) is 41.6 Å². The minimum absolute atomic E-state index is 0.0168. The van der Waals surface area contributed by atoms with Gasteiger partial charge < -0.3 is 9.84 Å². The molecule has 0 spiro atoms. The molecule has 1 saturated heterocycles. The lowest BCUT2D eigenvalue weighted by molar-refractivity contribution is -0.128. The number of carbonyl (C=O) groups excluding carboxylic acids is 1. The maximum atomic E-state index is 13.0. The molecule has 1 aliphatic heterocycles. The number of thioether (sulfide) groups is 1. The summed E-state index contributed by atoms with van der Waals surface area (Å²) in [6, 6.07) is 13.4. The minimum Gasteiger partial charge on any atom is -0.504 e. The van der Waals surface area contributed by atoms with Crippen LogP contribution in [0.2, 0.25) is 5.02 Å². The number of phenolic OH excluding ortho intramolecular Hbond substituents is 1. The van der Waals surface area contributed by atoms with Crippen LogP contribution in [0, 0.1) is 11.3 Å². The number of ether oxygens (including phenoxy) is 1. The fraction of sp³-hybridized carbons (Fsp3) is 0.217. The molecule has 1 fully saturated rings. The highest BCUT2D eigenvalue weighted by Gasteiger charge is 2.40. The van der Waals surface area contributed by atoms with Gasteiger partial charge >= 0.3 is 0 Å². The smallest absolute Gasteiger partial charge is 0.273 e. The molecule has 1 aliphatic rings. The Morgan fingerprint density at radius 1 is 1.24 bits per heavy atom. The molecule has 34 heavy (non-hydrogen) atoms. The average Bonchev–Trinajstić information content (AvgIpc) is 3.11. The van der Waals surface area contributed by atoms with Crippen molar-refractivity contribution in [2.75, 3.05) is 12.5 Å². The van der Waals surface area contributed by atoms with Crippen molar-refractivity contribution in [3.05, 3.63) is 69.0 Å². The summed E-state index contributed by atoms with van der Waals surface area (Å²) >= 11 is 7.37. The first-order chi connectivity index (χ1) is 16.2. The van der Waals surface area contributed by atoms with Gasteiger partial charge in [-0.05, 0) is 36.8 Å². The number of methoxy groups -OCH3 is 1.